The van der Waals surface area contributed by atoms with E-state index in [1.54, 1.807) is 24.4 Å². The summed E-state index contributed by atoms with van der Waals surface area (Å²) in [5.41, 5.74) is 5.36. The van der Waals surface area contributed by atoms with Gasteiger partial charge in [0.2, 0.25) is 12.3 Å². The zero-order chi connectivity index (χ0) is 21.7. The Morgan fingerprint density at radius 2 is 2.17 bits per heavy atom. The van der Waals surface area contributed by atoms with Crippen LogP contribution in [0.5, 0.6) is 0 Å². The largest absolute Gasteiger partial charge is 0.341 e. The van der Waals surface area contributed by atoms with E-state index < -0.39 is 5.82 Å². The third-order valence-electron chi connectivity index (χ3n) is 5.43. The second-order valence-electron chi connectivity index (χ2n) is 7.60. The Bertz CT molecular complexity index is 890. The van der Waals surface area contributed by atoms with E-state index in [1.165, 1.54) is 6.07 Å². The van der Waals surface area contributed by atoms with E-state index >= 15 is 0 Å². The highest BCUT2D eigenvalue weighted by Crippen LogP contribution is 2.24. The lowest BCUT2D eigenvalue weighted by Gasteiger charge is -2.25. The molecule has 160 valence electrons. The summed E-state index contributed by atoms with van der Waals surface area (Å²) in [7, 11) is 1.85. The van der Waals surface area contributed by atoms with E-state index in [4.69, 9.17) is 0 Å². The van der Waals surface area contributed by atoms with Gasteiger partial charge in [-0.2, -0.15) is 0 Å². The van der Waals surface area contributed by atoms with Gasteiger partial charge >= 0.3 is 0 Å². The Morgan fingerprint density at radius 1 is 1.37 bits per heavy atom. The van der Waals surface area contributed by atoms with Gasteiger partial charge in [-0.05, 0) is 43.2 Å². The zero-order valence-corrected chi connectivity index (χ0v) is 17.6. The number of anilines is 2. The normalized spacial score (nSPS) is 16.3. The van der Waals surface area contributed by atoms with Gasteiger partial charge in [0.15, 0.2) is 0 Å². The second kappa shape index (κ2) is 9.67. The van der Waals surface area contributed by atoms with Crippen molar-refractivity contribution in [3.63, 3.8) is 0 Å². The Kier molecular flexibility index (Phi) is 6.99. The molecular formula is C22H28FN5O2. The van der Waals surface area contributed by atoms with Crippen molar-refractivity contribution in [2.45, 2.75) is 39.3 Å². The number of nitrogens with one attached hydrogen (secondary N) is 1. The van der Waals surface area contributed by atoms with Gasteiger partial charge in [0.05, 0.1) is 11.9 Å². The first-order chi connectivity index (χ1) is 14.4. The summed E-state index contributed by atoms with van der Waals surface area (Å²) < 4.78 is 14.5. The monoisotopic (exact) mass is 413 g/mol. The lowest BCUT2D eigenvalue weighted by molar-refractivity contribution is -0.131. The molecule has 1 saturated heterocycles. The fourth-order valence-electron chi connectivity index (χ4n) is 3.64. The molecule has 3 rings (SSSR count). The van der Waals surface area contributed by atoms with Gasteiger partial charge < -0.3 is 4.90 Å². The first-order valence-electron chi connectivity index (χ1n) is 10.1. The Morgan fingerprint density at radius 3 is 2.83 bits per heavy atom. The Balaban J connectivity index is 1.69. The number of carbonyl (C=O) groups is 2. The topological polar surface area (TPSA) is 68.8 Å². The van der Waals surface area contributed by atoms with Crippen LogP contribution in [0.3, 0.4) is 0 Å². The molecule has 0 unspecified atom stereocenters. The van der Waals surface area contributed by atoms with E-state index in [0.29, 0.717) is 25.1 Å². The number of hydrogen-bond donors (Lipinski definition) is 1. The fraction of sp³-hybridized carbons (Fsp3) is 0.409. The molecule has 0 saturated carbocycles. The molecule has 1 aliphatic heterocycles. The van der Waals surface area contributed by atoms with Crippen molar-refractivity contribution in [1.29, 1.82) is 0 Å². The van der Waals surface area contributed by atoms with Gasteiger partial charge in [0, 0.05) is 44.8 Å². The van der Waals surface area contributed by atoms with Gasteiger partial charge in [-0.25, -0.2) is 9.40 Å². The Labute approximate surface area is 176 Å². The molecule has 8 heteroatoms. The number of benzene rings is 1. The van der Waals surface area contributed by atoms with Crippen LogP contribution in [0.2, 0.25) is 0 Å². The maximum absolute atomic E-state index is 14.5. The highest BCUT2D eigenvalue weighted by atomic mass is 19.1. The van der Waals surface area contributed by atoms with Crippen molar-refractivity contribution in [3.8, 4) is 0 Å². The van der Waals surface area contributed by atoms with Crippen LogP contribution in [-0.4, -0.2) is 53.3 Å². The number of halogens is 1. The molecule has 1 atom stereocenters. The zero-order valence-electron chi connectivity index (χ0n) is 17.6. The van der Waals surface area contributed by atoms with Gasteiger partial charge in [-0.3, -0.25) is 24.9 Å². The molecular weight excluding hydrogens is 385 g/mol. The minimum absolute atomic E-state index is 0.143. The molecule has 0 bridgehead atoms. The molecule has 1 N–H and O–H groups in total. The minimum Gasteiger partial charge on any atom is -0.341 e. The molecule has 0 radical (unpaired) electrons. The molecule has 2 heterocycles. The first kappa shape index (κ1) is 21.7. The van der Waals surface area contributed by atoms with Crippen LogP contribution < -0.4 is 10.4 Å². The number of hydrogen-bond acceptors (Lipinski definition) is 5. The average molecular weight is 413 g/mol. The minimum atomic E-state index is -0.494. The summed E-state index contributed by atoms with van der Waals surface area (Å²) >= 11 is 0. The summed E-state index contributed by atoms with van der Waals surface area (Å²) in [6.07, 6.45) is 3.55. The van der Waals surface area contributed by atoms with Gasteiger partial charge in [0.25, 0.3) is 0 Å². The van der Waals surface area contributed by atoms with Crippen LogP contribution in [0.25, 0.3) is 0 Å². The van der Waals surface area contributed by atoms with E-state index in [2.05, 4.69) is 15.3 Å². The summed E-state index contributed by atoms with van der Waals surface area (Å²) in [4.78, 5) is 31.8. The molecule has 2 amide bonds. The maximum atomic E-state index is 14.5. The van der Waals surface area contributed by atoms with Gasteiger partial charge in [-0.1, -0.05) is 13.0 Å². The highest BCUT2D eigenvalue weighted by Gasteiger charge is 2.27. The fourth-order valence-corrected chi connectivity index (χ4v) is 3.64. The third-order valence-corrected chi connectivity index (χ3v) is 5.43. The number of nitrogens with zero attached hydrogens (tertiary/aromatic N) is 4. The van der Waals surface area contributed by atoms with Crippen molar-refractivity contribution in [2.24, 2.45) is 0 Å². The molecule has 1 aromatic carbocycles. The number of likely N-dealkylation sites (tertiary alicyclic amines) is 1. The van der Waals surface area contributed by atoms with Crippen LogP contribution in [0.1, 0.15) is 31.0 Å². The van der Waals surface area contributed by atoms with Crippen LogP contribution in [0.15, 0.2) is 36.5 Å². The van der Waals surface area contributed by atoms with Crippen molar-refractivity contribution in [1.82, 2.24) is 14.8 Å². The van der Waals surface area contributed by atoms with Crippen LogP contribution >= 0.6 is 0 Å². The number of likely N-dealkylation sites (N-methyl/N-ethyl adjacent to an activating group) is 1. The lowest BCUT2D eigenvalue weighted by atomic mass is 10.1. The number of carbonyl (C=O) groups excluding carboxylic acids is 2. The van der Waals surface area contributed by atoms with Crippen LogP contribution in [0.4, 0.5) is 15.8 Å². The number of amides is 2. The number of hydrazine groups is 1. The van der Waals surface area contributed by atoms with Gasteiger partial charge in [-0.15, -0.1) is 0 Å². The summed E-state index contributed by atoms with van der Waals surface area (Å²) in [5.74, 6) is -0.352. The lowest BCUT2D eigenvalue weighted by Crippen LogP contribution is -2.38. The molecule has 0 aliphatic carbocycles. The molecule has 7 nitrogen and oxygen atoms in total. The Hall–Kier alpha value is -3.00. The number of pyridine rings is 1. The van der Waals surface area contributed by atoms with E-state index in [9.17, 15) is 14.0 Å². The summed E-state index contributed by atoms with van der Waals surface area (Å²) in [6.45, 7) is 5.99. The predicted octanol–water partition coefficient (Wildman–Crippen LogP) is 2.96. The second-order valence-corrected chi connectivity index (χ2v) is 7.60. The standard InChI is InChI=1S/C22H28FN5O2/c1-4-22(30)26(3)19-9-10-27(14-19)13-17-6-8-20(23)21(11-17)28(15-29)25-18-7-5-16(2)24-12-18/h5-8,11-12,15,19,25H,4,9-10,13-14H2,1-3H3/t19-/m0/s1. The number of aryl methyl sites for hydroxylation is 1. The average Bonchev–Trinajstić information content (AvgIpc) is 3.22. The quantitative estimate of drug-likeness (QED) is 0.532. The smallest absolute Gasteiger partial charge is 0.232 e. The van der Waals surface area contributed by atoms with E-state index in [0.717, 1.165) is 35.8 Å². The van der Waals surface area contributed by atoms with Crippen molar-refractivity contribution >= 4 is 23.7 Å². The van der Waals surface area contributed by atoms with E-state index in [-0.39, 0.29) is 17.6 Å². The highest BCUT2D eigenvalue weighted by molar-refractivity contribution is 5.79. The van der Waals surface area contributed by atoms with Crippen molar-refractivity contribution in [2.75, 3.05) is 30.6 Å². The van der Waals surface area contributed by atoms with Crippen LogP contribution in [0, 0.1) is 12.7 Å². The maximum Gasteiger partial charge on any atom is 0.232 e. The molecule has 30 heavy (non-hydrogen) atoms. The molecule has 1 fully saturated rings. The van der Waals surface area contributed by atoms with Crippen LogP contribution in [-0.2, 0) is 16.1 Å². The number of aromatic nitrogens is 1. The van der Waals surface area contributed by atoms with Crippen molar-refractivity contribution < 1.29 is 14.0 Å². The summed E-state index contributed by atoms with van der Waals surface area (Å²) in [5, 5.41) is 1.12. The third kappa shape index (κ3) is 5.13. The molecule has 2 aromatic rings. The molecule has 1 aliphatic rings. The molecule has 0 spiro atoms. The van der Waals surface area contributed by atoms with E-state index in [1.807, 2.05) is 31.9 Å². The van der Waals surface area contributed by atoms with Gasteiger partial charge in [0.1, 0.15) is 11.5 Å². The first-order valence-corrected chi connectivity index (χ1v) is 10.1. The SMILES string of the molecule is CCC(=O)N(C)[C@H]1CCN(Cc2ccc(F)c(N(C=O)Nc3ccc(C)nc3)c2)C1. The summed E-state index contributed by atoms with van der Waals surface area (Å²) in [6, 6.07) is 8.55. The predicted molar refractivity (Wildman–Crippen MR) is 114 cm³/mol. The molecule has 1 aromatic heterocycles. The van der Waals surface area contributed by atoms with Crippen molar-refractivity contribution in [3.05, 3.63) is 53.6 Å². The number of rotatable bonds is 8.